The minimum Gasteiger partial charge on any atom is -0.465 e. The second kappa shape index (κ2) is 8.96. The van der Waals surface area contributed by atoms with Gasteiger partial charge < -0.3 is 9.64 Å². The van der Waals surface area contributed by atoms with E-state index in [2.05, 4.69) is 0 Å². The zero-order valence-electron chi connectivity index (χ0n) is 14.1. The molecule has 0 N–H and O–H groups in total. The monoisotopic (exact) mass is 376 g/mol. The normalized spacial score (nSPS) is 10.2. The van der Waals surface area contributed by atoms with Gasteiger partial charge in [0.1, 0.15) is 12.1 Å². The molecular weight excluding hydrogens is 360 g/mol. The number of halogens is 1. The van der Waals surface area contributed by atoms with E-state index >= 15 is 0 Å². The van der Waals surface area contributed by atoms with Gasteiger partial charge >= 0.3 is 5.97 Å². The molecule has 0 fully saturated rings. The predicted molar refractivity (Wildman–Crippen MR) is 95.9 cm³/mol. The summed E-state index contributed by atoms with van der Waals surface area (Å²) in [7, 11) is 0. The summed E-state index contributed by atoms with van der Waals surface area (Å²) in [6.07, 6.45) is 0. The van der Waals surface area contributed by atoms with Crippen LogP contribution in [0.3, 0.4) is 0 Å². The van der Waals surface area contributed by atoms with Crippen LogP contribution >= 0.6 is 11.6 Å². The molecule has 1 amide bonds. The van der Waals surface area contributed by atoms with Crippen LogP contribution in [0.1, 0.15) is 22.8 Å². The summed E-state index contributed by atoms with van der Waals surface area (Å²) in [5.41, 5.74) is 0.228. The van der Waals surface area contributed by atoms with Gasteiger partial charge in [-0.25, -0.2) is 0 Å². The van der Waals surface area contributed by atoms with Gasteiger partial charge in [0.05, 0.1) is 11.5 Å². The van der Waals surface area contributed by atoms with Crippen molar-refractivity contribution in [1.82, 2.24) is 4.90 Å². The van der Waals surface area contributed by atoms with E-state index < -0.39 is 22.5 Å². The van der Waals surface area contributed by atoms with Gasteiger partial charge in [0.2, 0.25) is 0 Å². The first-order valence-electron chi connectivity index (χ1n) is 7.85. The number of nitro groups is 1. The maximum atomic E-state index is 12.9. The number of carbonyl (C=O) groups excluding carboxylic acids is 2. The van der Waals surface area contributed by atoms with Crippen molar-refractivity contribution >= 4 is 29.2 Å². The number of nitrogens with zero attached hydrogens (tertiary/aromatic N) is 2. The molecule has 0 heterocycles. The zero-order chi connectivity index (χ0) is 19.1. The van der Waals surface area contributed by atoms with E-state index in [9.17, 15) is 19.7 Å². The van der Waals surface area contributed by atoms with Gasteiger partial charge in [0, 0.05) is 17.6 Å². The highest BCUT2D eigenvalue weighted by Crippen LogP contribution is 2.25. The van der Waals surface area contributed by atoms with Crippen molar-refractivity contribution in [1.29, 1.82) is 0 Å². The van der Waals surface area contributed by atoms with Crippen molar-refractivity contribution in [3.05, 3.63) is 74.8 Å². The summed E-state index contributed by atoms with van der Waals surface area (Å²) < 4.78 is 4.91. The van der Waals surface area contributed by atoms with Crippen molar-refractivity contribution in [2.75, 3.05) is 13.2 Å². The first-order chi connectivity index (χ1) is 12.4. The van der Waals surface area contributed by atoms with Gasteiger partial charge in [0.25, 0.3) is 11.6 Å². The van der Waals surface area contributed by atoms with Crippen LogP contribution in [0.2, 0.25) is 5.02 Å². The Balaban J connectivity index is 2.36. The lowest BCUT2D eigenvalue weighted by Crippen LogP contribution is -2.36. The lowest BCUT2D eigenvalue weighted by atomic mass is 10.1. The quantitative estimate of drug-likeness (QED) is 0.419. The van der Waals surface area contributed by atoms with Gasteiger partial charge in [-0.2, -0.15) is 0 Å². The summed E-state index contributed by atoms with van der Waals surface area (Å²) in [6, 6.07) is 12.8. The number of ether oxygens (including phenoxy) is 1. The number of hydrogen-bond donors (Lipinski definition) is 0. The Kier molecular flexibility index (Phi) is 6.68. The minimum atomic E-state index is -0.676. The average Bonchev–Trinajstić information content (AvgIpc) is 2.61. The van der Waals surface area contributed by atoms with Crippen LogP contribution < -0.4 is 0 Å². The van der Waals surface area contributed by atoms with Crippen LogP contribution in [0, 0.1) is 10.1 Å². The van der Waals surface area contributed by atoms with Gasteiger partial charge in [0.15, 0.2) is 0 Å². The highest BCUT2D eigenvalue weighted by molar-refractivity contribution is 6.31. The van der Waals surface area contributed by atoms with E-state index in [4.69, 9.17) is 16.3 Å². The molecule has 8 heteroatoms. The third kappa shape index (κ3) is 5.03. The van der Waals surface area contributed by atoms with Crippen molar-refractivity contribution in [3.8, 4) is 0 Å². The third-order valence-electron chi connectivity index (χ3n) is 3.52. The summed E-state index contributed by atoms with van der Waals surface area (Å²) in [4.78, 5) is 36.6. The molecule has 136 valence electrons. The van der Waals surface area contributed by atoms with Crippen LogP contribution in [0.15, 0.2) is 48.5 Å². The fourth-order valence-corrected chi connectivity index (χ4v) is 2.54. The SMILES string of the molecule is CCOC(=O)CN(Cc1ccccc1)C(=O)c1ccc(Cl)cc1[N+](=O)[O-]. The fraction of sp³-hybridized carbons (Fsp3) is 0.222. The van der Waals surface area contributed by atoms with Gasteiger partial charge in [-0.05, 0) is 24.6 Å². The number of carbonyl (C=O) groups is 2. The Bertz CT molecular complexity index is 810. The molecule has 0 atom stereocenters. The van der Waals surface area contributed by atoms with Crippen LogP contribution in [0.4, 0.5) is 5.69 Å². The van der Waals surface area contributed by atoms with Crippen molar-refractivity contribution in [2.24, 2.45) is 0 Å². The number of amides is 1. The maximum absolute atomic E-state index is 12.9. The molecule has 26 heavy (non-hydrogen) atoms. The van der Waals surface area contributed by atoms with Crippen molar-refractivity contribution in [2.45, 2.75) is 13.5 Å². The van der Waals surface area contributed by atoms with E-state index in [1.807, 2.05) is 6.07 Å². The molecular formula is C18H17ClN2O5. The lowest BCUT2D eigenvalue weighted by molar-refractivity contribution is -0.385. The molecule has 0 aromatic heterocycles. The standard InChI is InChI=1S/C18H17ClN2O5/c1-2-26-17(22)12-20(11-13-6-4-3-5-7-13)18(23)15-9-8-14(19)10-16(15)21(24)25/h3-10H,2,11-12H2,1H3. The highest BCUT2D eigenvalue weighted by atomic mass is 35.5. The first-order valence-corrected chi connectivity index (χ1v) is 8.23. The molecule has 7 nitrogen and oxygen atoms in total. The Morgan fingerprint density at radius 1 is 1.19 bits per heavy atom. The van der Waals surface area contributed by atoms with Crippen LogP contribution in [0.25, 0.3) is 0 Å². The summed E-state index contributed by atoms with van der Waals surface area (Å²) >= 11 is 5.80. The van der Waals surface area contributed by atoms with Crippen molar-refractivity contribution < 1.29 is 19.2 Å². The van der Waals surface area contributed by atoms with Crippen LogP contribution in [0.5, 0.6) is 0 Å². The number of esters is 1. The van der Waals surface area contributed by atoms with Crippen LogP contribution in [-0.4, -0.2) is 34.9 Å². The molecule has 0 aliphatic rings. The number of nitro benzene ring substituents is 1. The van der Waals surface area contributed by atoms with Gasteiger partial charge in [-0.15, -0.1) is 0 Å². The minimum absolute atomic E-state index is 0.109. The molecule has 2 aromatic carbocycles. The highest BCUT2D eigenvalue weighted by Gasteiger charge is 2.27. The summed E-state index contributed by atoms with van der Waals surface area (Å²) in [5.74, 6) is -1.24. The molecule has 0 bridgehead atoms. The van der Waals surface area contributed by atoms with E-state index in [1.165, 1.54) is 17.0 Å². The smallest absolute Gasteiger partial charge is 0.325 e. The molecule has 0 aliphatic carbocycles. The van der Waals surface area contributed by atoms with E-state index in [-0.39, 0.29) is 30.3 Å². The van der Waals surface area contributed by atoms with E-state index in [0.29, 0.717) is 0 Å². The second-order valence-electron chi connectivity index (χ2n) is 5.37. The molecule has 0 unspecified atom stereocenters. The third-order valence-corrected chi connectivity index (χ3v) is 3.75. The number of rotatable bonds is 7. The number of hydrogen-bond acceptors (Lipinski definition) is 5. The van der Waals surface area contributed by atoms with E-state index in [0.717, 1.165) is 11.6 Å². The molecule has 0 spiro atoms. The molecule has 0 saturated carbocycles. The van der Waals surface area contributed by atoms with Gasteiger partial charge in [-0.1, -0.05) is 41.9 Å². The number of benzene rings is 2. The summed E-state index contributed by atoms with van der Waals surface area (Å²) in [5, 5.41) is 11.4. The first kappa shape index (κ1) is 19.4. The Morgan fingerprint density at radius 3 is 2.50 bits per heavy atom. The molecule has 0 aliphatic heterocycles. The molecule has 0 saturated heterocycles. The second-order valence-corrected chi connectivity index (χ2v) is 5.81. The molecule has 0 radical (unpaired) electrons. The van der Waals surface area contributed by atoms with Crippen LogP contribution in [-0.2, 0) is 16.1 Å². The van der Waals surface area contributed by atoms with Gasteiger partial charge in [-0.3, -0.25) is 19.7 Å². The Hall–Kier alpha value is -2.93. The Labute approximate surface area is 155 Å². The Morgan fingerprint density at radius 2 is 1.88 bits per heavy atom. The average molecular weight is 377 g/mol. The zero-order valence-corrected chi connectivity index (χ0v) is 14.8. The maximum Gasteiger partial charge on any atom is 0.325 e. The fourth-order valence-electron chi connectivity index (χ4n) is 2.37. The van der Waals surface area contributed by atoms with Crippen molar-refractivity contribution in [3.63, 3.8) is 0 Å². The molecule has 2 aromatic rings. The van der Waals surface area contributed by atoms with E-state index in [1.54, 1.807) is 31.2 Å². The lowest BCUT2D eigenvalue weighted by Gasteiger charge is -2.22. The largest absolute Gasteiger partial charge is 0.465 e. The molecule has 2 rings (SSSR count). The predicted octanol–water partition coefficient (Wildman–Crippen LogP) is 3.45. The topological polar surface area (TPSA) is 89.8 Å². The summed E-state index contributed by atoms with van der Waals surface area (Å²) in [6.45, 7) is 1.62.